The number of carbonyl (C=O) groups is 1. The number of nitrogen functional groups attached to an aromatic ring is 1. The summed E-state index contributed by atoms with van der Waals surface area (Å²) in [7, 11) is 3.21. The number of nitrogens with two attached hydrogens (primary N) is 2. The number of carbonyl (C=O) groups excluding carboxylic acids is 1. The van der Waals surface area contributed by atoms with Crippen LogP contribution in [0.25, 0.3) is 5.57 Å². The Morgan fingerprint density at radius 1 is 1.00 bits per heavy atom. The summed E-state index contributed by atoms with van der Waals surface area (Å²) in [5.74, 6) is 1.29. The van der Waals surface area contributed by atoms with Crippen LogP contribution in [0.4, 0.5) is 10.5 Å². The molecule has 0 bridgehead atoms. The first-order valence-corrected chi connectivity index (χ1v) is 12.1. The summed E-state index contributed by atoms with van der Waals surface area (Å²) < 4.78 is 10.9. The number of hydrogen-bond donors (Lipinski definition) is 2. The van der Waals surface area contributed by atoms with Crippen molar-refractivity contribution in [3.8, 4) is 11.5 Å². The molecule has 3 aromatic rings. The maximum atomic E-state index is 12.0. The fourth-order valence-corrected chi connectivity index (χ4v) is 4.25. The third-order valence-electron chi connectivity index (χ3n) is 5.61. The van der Waals surface area contributed by atoms with E-state index >= 15 is 0 Å². The standard InChI is InChI=1S/C20H23N3O3.C7H8S/c1-12-8-14-9-18(25-2)19(26-3)10-16(14)17(11-23(12)20(22)24)13-4-6-15(21)7-5-13;1-8-7-5-3-2-4-6-7/h4-7,9-12H,8,21H2,1-3H3,(H2,22,24);2-6H,1H3. The van der Waals surface area contributed by atoms with Crippen molar-refractivity contribution in [2.45, 2.75) is 24.3 Å². The molecule has 0 spiro atoms. The molecule has 6 nitrogen and oxygen atoms in total. The van der Waals surface area contributed by atoms with Gasteiger partial charge in [-0.15, -0.1) is 11.8 Å². The van der Waals surface area contributed by atoms with Gasteiger partial charge in [-0.2, -0.15) is 0 Å². The molecular formula is C27H31N3O3S. The van der Waals surface area contributed by atoms with Crippen molar-refractivity contribution in [2.24, 2.45) is 5.73 Å². The SMILES string of the molecule is COc1cc2c(cc1OC)C(c1ccc(N)cc1)=CN(C(N)=O)C(C)C2.CSc1ccccc1. The highest BCUT2D eigenvalue weighted by Crippen LogP contribution is 2.39. The van der Waals surface area contributed by atoms with Crippen LogP contribution in [0, 0.1) is 0 Å². The largest absolute Gasteiger partial charge is 0.493 e. The van der Waals surface area contributed by atoms with E-state index in [1.165, 1.54) is 4.90 Å². The molecule has 0 aliphatic carbocycles. The number of urea groups is 1. The highest BCUT2D eigenvalue weighted by atomic mass is 32.2. The second-order valence-corrected chi connectivity index (χ2v) is 8.72. The van der Waals surface area contributed by atoms with Crippen molar-refractivity contribution in [3.05, 3.63) is 89.6 Å². The molecule has 1 unspecified atom stereocenters. The minimum Gasteiger partial charge on any atom is -0.493 e. The Bertz CT molecular complexity index is 1150. The minimum absolute atomic E-state index is 0.0874. The van der Waals surface area contributed by atoms with E-state index < -0.39 is 6.03 Å². The topological polar surface area (TPSA) is 90.8 Å². The number of fused-ring (bicyclic) bond motifs is 1. The molecule has 1 atom stereocenters. The van der Waals surface area contributed by atoms with E-state index in [-0.39, 0.29) is 6.04 Å². The van der Waals surface area contributed by atoms with Gasteiger partial charge in [-0.1, -0.05) is 30.3 Å². The van der Waals surface area contributed by atoms with E-state index in [0.717, 1.165) is 22.3 Å². The van der Waals surface area contributed by atoms with Gasteiger partial charge in [0.2, 0.25) is 0 Å². The van der Waals surface area contributed by atoms with Gasteiger partial charge < -0.3 is 20.9 Å². The predicted molar refractivity (Wildman–Crippen MR) is 140 cm³/mol. The molecule has 0 saturated heterocycles. The lowest BCUT2D eigenvalue weighted by atomic mass is 9.92. The Balaban J connectivity index is 0.000000343. The van der Waals surface area contributed by atoms with Crippen LogP contribution in [0.5, 0.6) is 11.5 Å². The number of hydrogen-bond acceptors (Lipinski definition) is 5. The van der Waals surface area contributed by atoms with Crippen LogP contribution >= 0.6 is 11.8 Å². The smallest absolute Gasteiger partial charge is 0.319 e. The summed E-state index contributed by atoms with van der Waals surface area (Å²) in [6.45, 7) is 1.97. The first kappa shape index (κ1) is 25.1. The lowest BCUT2D eigenvalue weighted by molar-refractivity contribution is 0.213. The number of nitrogens with zero attached hydrogens (tertiary/aromatic N) is 1. The first-order valence-electron chi connectivity index (χ1n) is 10.9. The van der Waals surface area contributed by atoms with Gasteiger partial charge in [-0.25, -0.2) is 4.79 Å². The first-order chi connectivity index (χ1) is 16.4. The highest BCUT2D eigenvalue weighted by molar-refractivity contribution is 7.98. The zero-order valence-corrected chi connectivity index (χ0v) is 20.8. The molecule has 7 heteroatoms. The third-order valence-corrected chi connectivity index (χ3v) is 6.36. The average molecular weight is 478 g/mol. The highest BCUT2D eigenvalue weighted by Gasteiger charge is 2.26. The fourth-order valence-electron chi connectivity index (χ4n) is 3.82. The number of benzene rings is 3. The van der Waals surface area contributed by atoms with Crippen LogP contribution in [0.15, 0.2) is 77.8 Å². The second-order valence-electron chi connectivity index (χ2n) is 7.84. The summed E-state index contributed by atoms with van der Waals surface area (Å²) in [6.07, 6.45) is 4.53. The van der Waals surface area contributed by atoms with E-state index in [9.17, 15) is 4.79 Å². The van der Waals surface area contributed by atoms with Crippen LogP contribution < -0.4 is 20.9 Å². The van der Waals surface area contributed by atoms with Crippen molar-refractivity contribution in [3.63, 3.8) is 0 Å². The number of amides is 2. The molecule has 4 rings (SSSR count). The molecule has 34 heavy (non-hydrogen) atoms. The molecule has 0 fully saturated rings. The average Bonchev–Trinajstić information content (AvgIpc) is 3.00. The molecule has 2 amide bonds. The normalized spacial score (nSPS) is 14.6. The van der Waals surface area contributed by atoms with Gasteiger partial charge in [-0.3, -0.25) is 4.90 Å². The zero-order valence-electron chi connectivity index (χ0n) is 19.9. The van der Waals surface area contributed by atoms with Crippen LogP contribution in [0.2, 0.25) is 0 Å². The van der Waals surface area contributed by atoms with Crippen molar-refractivity contribution in [1.82, 2.24) is 4.90 Å². The van der Waals surface area contributed by atoms with Crippen molar-refractivity contribution >= 4 is 29.1 Å². The summed E-state index contributed by atoms with van der Waals surface area (Å²) in [6, 6.07) is 21.2. The quantitative estimate of drug-likeness (QED) is 0.387. The van der Waals surface area contributed by atoms with E-state index in [0.29, 0.717) is 23.6 Å². The molecule has 1 aliphatic rings. The van der Waals surface area contributed by atoms with E-state index in [1.54, 1.807) is 37.1 Å². The van der Waals surface area contributed by atoms with Gasteiger partial charge in [0.15, 0.2) is 11.5 Å². The van der Waals surface area contributed by atoms with Crippen LogP contribution in [0.1, 0.15) is 23.6 Å². The van der Waals surface area contributed by atoms with Gasteiger partial charge in [-0.05, 0) is 72.7 Å². The maximum absolute atomic E-state index is 12.0. The summed E-state index contributed by atoms with van der Waals surface area (Å²) >= 11 is 1.77. The Kier molecular flexibility index (Phi) is 8.49. The monoisotopic (exact) mass is 477 g/mol. The molecule has 4 N–H and O–H groups in total. The minimum atomic E-state index is -0.489. The number of methoxy groups -OCH3 is 2. The second kappa shape index (κ2) is 11.5. The van der Waals surface area contributed by atoms with Crippen molar-refractivity contribution in [2.75, 3.05) is 26.2 Å². The Labute approximate surface area is 205 Å². The number of anilines is 1. The molecule has 1 aliphatic heterocycles. The zero-order chi connectivity index (χ0) is 24.7. The number of rotatable bonds is 4. The Morgan fingerprint density at radius 2 is 1.62 bits per heavy atom. The molecule has 0 aromatic heterocycles. The van der Waals surface area contributed by atoms with Crippen LogP contribution in [0.3, 0.4) is 0 Å². The molecule has 1 heterocycles. The fraction of sp³-hybridized carbons (Fsp3) is 0.222. The Hall–Kier alpha value is -3.58. The number of primary amides is 1. The lowest BCUT2D eigenvalue weighted by Gasteiger charge is -2.22. The molecule has 0 saturated carbocycles. The van der Waals surface area contributed by atoms with Gasteiger partial charge in [0.25, 0.3) is 0 Å². The van der Waals surface area contributed by atoms with Crippen molar-refractivity contribution < 1.29 is 14.3 Å². The molecule has 3 aromatic carbocycles. The van der Waals surface area contributed by atoms with Crippen LogP contribution in [-0.2, 0) is 6.42 Å². The summed E-state index contributed by atoms with van der Waals surface area (Å²) in [5, 5.41) is 0. The van der Waals surface area contributed by atoms with E-state index in [2.05, 4.69) is 18.4 Å². The number of thioether (sulfide) groups is 1. The predicted octanol–water partition coefficient (Wildman–Crippen LogP) is 5.41. The maximum Gasteiger partial charge on any atom is 0.319 e. The molecular weight excluding hydrogens is 446 g/mol. The van der Waals surface area contributed by atoms with Gasteiger partial charge in [0, 0.05) is 28.4 Å². The summed E-state index contributed by atoms with van der Waals surface area (Å²) in [4.78, 5) is 14.9. The van der Waals surface area contributed by atoms with Crippen molar-refractivity contribution in [1.29, 1.82) is 0 Å². The van der Waals surface area contributed by atoms with E-state index in [1.807, 2.05) is 61.5 Å². The number of ether oxygens (including phenoxy) is 2. The van der Waals surface area contributed by atoms with Crippen LogP contribution in [-0.4, -0.2) is 37.4 Å². The summed E-state index contributed by atoms with van der Waals surface area (Å²) in [5.41, 5.74) is 16.0. The third kappa shape index (κ3) is 5.85. The molecule has 178 valence electrons. The van der Waals surface area contributed by atoms with Gasteiger partial charge in [0.05, 0.1) is 14.2 Å². The Morgan fingerprint density at radius 3 is 2.15 bits per heavy atom. The van der Waals surface area contributed by atoms with Gasteiger partial charge >= 0.3 is 6.03 Å². The van der Waals surface area contributed by atoms with Gasteiger partial charge in [0.1, 0.15) is 0 Å². The molecule has 0 radical (unpaired) electrons. The lowest BCUT2D eigenvalue weighted by Crippen LogP contribution is -2.38. The van der Waals surface area contributed by atoms with E-state index in [4.69, 9.17) is 20.9 Å².